The molecule has 4 fully saturated rings. The number of carbonyl (C=O) groups excluding carboxylic acids is 2. The van der Waals surface area contributed by atoms with Crippen LogP contribution in [-0.2, 0) is 42.7 Å². The van der Waals surface area contributed by atoms with Crippen LogP contribution in [0.1, 0.15) is 94.9 Å². The van der Waals surface area contributed by atoms with Crippen molar-refractivity contribution in [3.8, 4) is 0 Å². The number of carbonyl (C=O) groups is 2. The summed E-state index contributed by atoms with van der Waals surface area (Å²) in [5, 5.41) is 49.4. The molecular formula is C40H68N2O13. The van der Waals surface area contributed by atoms with E-state index in [9.17, 15) is 30.1 Å². The molecule has 0 aromatic rings. The topological polar surface area (TPSA) is 195 Å². The van der Waals surface area contributed by atoms with Crippen LogP contribution in [0.2, 0.25) is 0 Å². The second kappa shape index (κ2) is 17.8. The number of Topliss-reactive ketones (excluding diaryl/α,β-unsaturated/α-hetero) is 1. The Morgan fingerprint density at radius 1 is 0.964 bits per heavy atom. The maximum Gasteiger partial charge on any atom is 0.311 e. The Hall–Kier alpha value is -2.05. The van der Waals surface area contributed by atoms with Gasteiger partial charge in [-0.3, -0.25) is 9.59 Å². The first kappa shape index (κ1) is 45.6. The molecule has 4 rings (SSSR count). The Kier molecular flexibility index (Phi) is 14.8. The summed E-state index contributed by atoms with van der Waals surface area (Å²) in [7, 11) is 3.76. The molecule has 4 aliphatic rings. The number of aliphatic hydroxyl groups excluding tert-OH is 1. The monoisotopic (exact) mass is 784 g/mol. The Morgan fingerprint density at radius 2 is 1.62 bits per heavy atom. The third-order valence-electron chi connectivity index (χ3n) is 12.3. The fourth-order valence-electron chi connectivity index (χ4n) is 9.23. The molecule has 4 saturated heterocycles. The number of oxime groups is 1. The molecule has 55 heavy (non-hydrogen) atoms. The number of likely N-dealkylation sites (N-methyl/N-ethyl adjacent to an activating group) is 1. The van der Waals surface area contributed by atoms with Crippen molar-refractivity contribution in [2.75, 3.05) is 27.3 Å². The van der Waals surface area contributed by atoms with E-state index in [-0.39, 0.29) is 44.6 Å². The number of hydrogen-bond donors (Lipinski definition) is 4. The highest BCUT2D eigenvalue weighted by atomic mass is 16.7. The van der Waals surface area contributed by atoms with E-state index >= 15 is 0 Å². The van der Waals surface area contributed by atoms with Crippen molar-refractivity contribution in [2.24, 2.45) is 28.8 Å². The van der Waals surface area contributed by atoms with Crippen LogP contribution in [0.5, 0.6) is 0 Å². The van der Waals surface area contributed by atoms with Crippen molar-refractivity contribution in [3.05, 3.63) is 12.2 Å². The van der Waals surface area contributed by atoms with Crippen LogP contribution in [0.15, 0.2) is 17.3 Å². The van der Waals surface area contributed by atoms with E-state index in [1.165, 1.54) is 13.8 Å². The smallest absolute Gasteiger partial charge is 0.311 e. The summed E-state index contributed by atoms with van der Waals surface area (Å²) >= 11 is 0. The third kappa shape index (κ3) is 9.81. The fourth-order valence-corrected chi connectivity index (χ4v) is 9.23. The molecule has 0 saturated carbocycles. The van der Waals surface area contributed by atoms with E-state index < -0.39 is 101 Å². The van der Waals surface area contributed by atoms with Gasteiger partial charge in [-0.1, -0.05) is 39.4 Å². The zero-order valence-electron chi connectivity index (χ0n) is 34.9. The summed E-state index contributed by atoms with van der Waals surface area (Å²) in [6.07, 6.45) is -8.01. The highest BCUT2D eigenvalue weighted by Gasteiger charge is 2.54. The Bertz CT molecular complexity index is 1390. The van der Waals surface area contributed by atoms with Gasteiger partial charge in [0.15, 0.2) is 18.4 Å². The molecule has 0 aromatic heterocycles. The molecule has 2 bridgehead atoms. The number of ether oxygens (including phenoxy) is 7. The summed E-state index contributed by atoms with van der Waals surface area (Å²) in [5.74, 6) is -4.15. The molecule has 0 radical (unpaired) electrons. The molecule has 0 amide bonds. The highest BCUT2D eigenvalue weighted by Crippen LogP contribution is 2.42. The minimum Gasteiger partial charge on any atom is -0.459 e. The number of esters is 1. The average molecular weight is 785 g/mol. The Morgan fingerprint density at radius 3 is 2.20 bits per heavy atom. The molecule has 316 valence electrons. The standard InChI is InChI=1S/C40H68N2O13/c1-14-28-40(11,47)35-23(5)30(41-48)21(3)16-39(10,50-19-20(2)18-49-35)34(55-37-31(43)27(42(12)13)15-22(4)51-37)24(6)32(25(7)36(45)53-28)54-29-17-38(9,46)33(44)26(8)52-29/h21-29,31-32,34-35,37,43,46-48H,2,14-19H2,1,3-13H3/b41-30+/t21-,22-,23+,24+,25-,26+,27+,28-,29+,31-,32+,34-,35-,37+,38-,39-,40-/m1/s1. The number of cyclic esters (lactones) is 1. The van der Waals surface area contributed by atoms with E-state index in [1.54, 1.807) is 27.7 Å². The zero-order valence-corrected chi connectivity index (χ0v) is 34.9. The lowest BCUT2D eigenvalue weighted by molar-refractivity contribution is -0.310. The average Bonchev–Trinajstić information content (AvgIpc) is 3.11. The van der Waals surface area contributed by atoms with Gasteiger partial charge in [0, 0.05) is 30.2 Å². The van der Waals surface area contributed by atoms with Gasteiger partial charge in [0.2, 0.25) is 0 Å². The number of hydrogen-bond acceptors (Lipinski definition) is 15. The van der Waals surface area contributed by atoms with Gasteiger partial charge in [0.05, 0.1) is 54.9 Å². The summed E-state index contributed by atoms with van der Waals surface area (Å²) in [5.41, 5.74) is -3.93. The second-order valence-corrected chi connectivity index (χ2v) is 17.5. The van der Waals surface area contributed by atoms with Gasteiger partial charge < -0.3 is 58.6 Å². The maximum atomic E-state index is 14.4. The first-order chi connectivity index (χ1) is 25.5. The summed E-state index contributed by atoms with van der Waals surface area (Å²) in [6.45, 7) is 21.4. The molecule has 0 spiro atoms. The number of rotatable bonds is 6. The molecule has 0 unspecified atom stereocenters. The van der Waals surface area contributed by atoms with Crippen molar-refractivity contribution < 1.29 is 63.3 Å². The maximum absolute atomic E-state index is 14.4. The van der Waals surface area contributed by atoms with Crippen LogP contribution >= 0.6 is 0 Å². The Balaban J connectivity index is 1.96. The molecule has 0 aromatic carbocycles. The van der Waals surface area contributed by atoms with Crippen LogP contribution in [0, 0.1) is 23.7 Å². The van der Waals surface area contributed by atoms with Gasteiger partial charge in [0.25, 0.3) is 0 Å². The molecule has 0 aliphatic carbocycles. The van der Waals surface area contributed by atoms with E-state index in [4.69, 9.17) is 33.2 Å². The normalized spacial score (nSPS) is 47.9. The first-order valence-electron chi connectivity index (χ1n) is 19.8. The van der Waals surface area contributed by atoms with Crippen LogP contribution in [0.25, 0.3) is 0 Å². The van der Waals surface area contributed by atoms with Gasteiger partial charge in [-0.25, -0.2) is 0 Å². The van der Waals surface area contributed by atoms with Gasteiger partial charge in [-0.2, -0.15) is 0 Å². The molecule has 4 aliphatic heterocycles. The molecule has 15 heteroatoms. The molecule has 4 heterocycles. The largest absolute Gasteiger partial charge is 0.459 e. The van der Waals surface area contributed by atoms with Crippen LogP contribution in [0.3, 0.4) is 0 Å². The number of fused-ring (bicyclic) bond motifs is 5. The lowest BCUT2D eigenvalue weighted by Gasteiger charge is -2.49. The fraction of sp³-hybridized carbons (Fsp3) is 0.875. The minimum absolute atomic E-state index is 0.0113. The van der Waals surface area contributed by atoms with Crippen LogP contribution < -0.4 is 0 Å². The highest BCUT2D eigenvalue weighted by molar-refractivity contribution is 5.91. The third-order valence-corrected chi connectivity index (χ3v) is 12.3. The van der Waals surface area contributed by atoms with Crippen molar-refractivity contribution in [1.82, 2.24) is 4.90 Å². The summed E-state index contributed by atoms with van der Waals surface area (Å²) in [4.78, 5) is 29.1. The van der Waals surface area contributed by atoms with Crippen molar-refractivity contribution in [3.63, 3.8) is 0 Å². The summed E-state index contributed by atoms with van der Waals surface area (Å²) in [6, 6.07) is -0.304. The number of aliphatic hydroxyl groups is 3. The summed E-state index contributed by atoms with van der Waals surface area (Å²) < 4.78 is 45.3. The predicted octanol–water partition coefficient (Wildman–Crippen LogP) is 3.22. The molecule has 15 nitrogen and oxygen atoms in total. The van der Waals surface area contributed by atoms with Crippen molar-refractivity contribution in [1.29, 1.82) is 0 Å². The zero-order chi connectivity index (χ0) is 41.4. The van der Waals surface area contributed by atoms with Gasteiger partial charge in [-0.05, 0) is 80.5 Å². The number of ketones is 1. The van der Waals surface area contributed by atoms with Gasteiger partial charge in [0.1, 0.15) is 29.5 Å². The molecule has 4 N–H and O–H groups in total. The van der Waals surface area contributed by atoms with Crippen LogP contribution in [0.4, 0.5) is 0 Å². The first-order valence-corrected chi connectivity index (χ1v) is 19.8. The van der Waals surface area contributed by atoms with Crippen LogP contribution in [-0.4, -0.2) is 148 Å². The van der Waals surface area contributed by atoms with Crippen molar-refractivity contribution >= 4 is 17.5 Å². The van der Waals surface area contributed by atoms with E-state index in [0.29, 0.717) is 17.7 Å². The lowest BCUT2D eigenvalue weighted by Crippen LogP contribution is -2.61. The Labute approximate surface area is 326 Å². The van der Waals surface area contributed by atoms with E-state index in [2.05, 4.69) is 11.7 Å². The SMILES string of the molecule is C=C1CO[C@@H]2[C@@H](C)/C(=N/O)[C@H](C)C[C@@](C)(OC1)[C@H](O[C@@H]1O[C@H](C)C[C@H](N(C)C)[C@H]1O)[C@@H](C)[C@H](O[C@H]1C[C@@](C)(O)C(=O)[C@H](C)O1)[C@@H](C)C(=O)O[C@H](CC)[C@@]2(C)O. The lowest BCUT2D eigenvalue weighted by atomic mass is 9.73. The van der Waals surface area contributed by atoms with Crippen molar-refractivity contribution in [2.45, 2.75) is 173 Å². The quantitative estimate of drug-likeness (QED) is 0.133. The molecule has 17 atom stereocenters. The predicted molar refractivity (Wildman–Crippen MR) is 201 cm³/mol. The van der Waals surface area contributed by atoms with E-state index in [1.807, 2.05) is 46.7 Å². The second-order valence-electron chi connectivity index (χ2n) is 17.5. The van der Waals surface area contributed by atoms with Gasteiger partial charge >= 0.3 is 5.97 Å². The van der Waals surface area contributed by atoms with Gasteiger partial charge in [-0.15, -0.1) is 0 Å². The minimum atomic E-state index is -1.77. The van der Waals surface area contributed by atoms with E-state index in [0.717, 1.165) is 0 Å². The number of nitrogens with zero attached hydrogens (tertiary/aromatic N) is 2. The molecular weight excluding hydrogens is 716 g/mol.